The summed E-state index contributed by atoms with van der Waals surface area (Å²) in [6, 6.07) is 4.40. The Bertz CT molecular complexity index is 723. The van der Waals surface area contributed by atoms with E-state index in [9.17, 15) is 12.8 Å². The Kier molecular flexibility index (Phi) is 4.12. The molecule has 2 N–H and O–H groups in total. The van der Waals surface area contributed by atoms with Gasteiger partial charge in [0, 0.05) is 12.7 Å². The van der Waals surface area contributed by atoms with E-state index < -0.39 is 15.8 Å². The van der Waals surface area contributed by atoms with E-state index in [1.807, 2.05) is 13.8 Å². The molecule has 0 spiro atoms. The van der Waals surface area contributed by atoms with Crippen LogP contribution in [0.4, 0.5) is 4.39 Å². The lowest BCUT2D eigenvalue weighted by molar-refractivity contribution is 0.0733. The van der Waals surface area contributed by atoms with Crippen LogP contribution in [0.5, 0.6) is 0 Å². The molecule has 0 saturated carbocycles. The van der Waals surface area contributed by atoms with Crippen molar-refractivity contribution in [2.24, 2.45) is 5.14 Å². The Morgan fingerprint density at radius 1 is 1.40 bits per heavy atom. The maximum absolute atomic E-state index is 13.9. The molecule has 0 amide bonds. The van der Waals surface area contributed by atoms with Gasteiger partial charge in [-0.05, 0) is 26.0 Å². The van der Waals surface area contributed by atoms with E-state index in [1.54, 1.807) is 10.6 Å². The van der Waals surface area contributed by atoms with Crippen LogP contribution >= 0.6 is 0 Å². The zero-order chi connectivity index (χ0) is 14.9. The second-order valence-electron chi connectivity index (χ2n) is 4.79. The van der Waals surface area contributed by atoms with Crippen LogP contribution in [0.3, 0.4) is 0 Å². The van der Waals surface area contributed by atoms with Crippen molar-refractivity contribution in [2.45, 2.75) is 31.4 Å². The fourth-order valence-corrected chi connectivity index (χ4v) is 2.82. The van der Waals surface area contributed by atoms with Gasteiger partial charge in [-0.2, -0.15) is 0 Å². The van der Waals surface area contributed by atoms with Crippen molar-refractivity contribution >= 4 is 20.9 Å². The summed E-state index contributed by atoms with van der Waals surface area (Å²) in [7, 11) is -3.97. The lowest BCUT2D eigenvalue weighted by atomic mass is 10.2. The van der Waals surface area contributed by atoms with Crippen LogP contribution in [0.15, 0.2) is 29.3 Å². The van der Waals surface area contributed by atoms with E-state index in [0.29, 0.717) is 18.7 Å². The van der Waals surface area contributed by atoms with E-state index in [-0.39, 0.29) is 16.4 Å². The molecule has 0 aliphatic carbocycles. The Labute approximate surface area is 117 Å². The summed E-state index contributed by atoms with van der Waals surface area (Å²) in [6.07, 6.45) is 1.43. The van der Waals surface area contributed by atoms with E-state index in [4.69, 9.17) is 9.88 Å². The van der Waals surface area contributed by atoms with Crippen LogP contribution in [-0.4, -0.2) is 25.7 Å². The fraction of sp³-hybridized carbons (Fsp3) is 0.385. The molecule has 7 heteroatoms. The number of primary sulfonamides is 1. The zero-order valence-corrected chi connectivity index (χ0v) is 12.2. The Hall–Kier alpha value is -1.44. The van der Waals surface area contributed by atoms with Crippen molar-refractivity contribution in [1.82, 2.24) is 4.57 Å². The molecular weight excluding hydrogens is 283 g/mol. The summed E-state index contributed by atoms with van der Waals surface area (Å²) in [4.78, 5) is -0.199. The second kappa shape index (κ2) is 5.51. The quantitative estimate of drug-likeness (QED) is 0.915. The topological polar surface area (TPSA) is 74.3 Å². The van der Waals surface area contributed by atoms with Gasteiger partial charge in [-0.1, -0.05) is 6.07 Å². The van der Waals surface area contributed by atoms with Crippen LogP contribution in [0, 0.1) is 5.82 Å². The zero-order valence-electron chi connectivity index (χ0n) is 11.3. The molecule has 0 saturated heterocycles. The van der Waals surface area contributed by atoms with Crippen molar-refractivity contribution in [3.8, 4) is 0 Å². The van der Waals surface area contributed by atoms with Gasteiger partial charge < -0.3 is 9.30 Å². The predicted molar refractivity (Wildman–Crippen MR) is 74.4 cm³/mol. The molecule has 20 heavy (non-hydrogen) atoms. The van der Waals surface area contributed by atoms with Crippen LogP contribution in [0.25, 0.3) is 10.9 Å². The number of halogens is 1. The van der Waals surface area contributed by atoms with Crippen molar-refractivity contribution in [3.63, 3.8) is 0 Å². The number of rotatable bonds is 5. The lowest BCUT2D eigenvalue weighted by Gasteiger charge is -2.09. The highest BCUT2D eigenvalue weighted by atomic mass is 32.2. The van der Waals surface area contributed by atoms with Gasteiger partial charge in [-0.25, -0.2) is 17.9 Å². The molecule has 0 aliphatic heterocycles. The van der Waals surface area contributed by atoms with Gasteiger partial charge in [0.1, 0.15) is 10.7 Å². The Balaban J connectivity index is 2.49. The number of hydrogen-bond donors (Lipinski definition) is 1. The summed E-state index contributed by atoms with van der Waals surface area (Å²) in [6.45, 7) is 4.64. The molecule has 110 valence electrons. The van der Waals surface area contributed by atoms with Crippen molar-refractivity contribution in [3.05, 3.63) is 30.2 Å². The predicted octanol–water partition coefficient (Wildman–Crippen LogP) is 1.85. The maximum Gasteiger partial charge on any atom is 0.240 e. The highest BCUT2D eigenvalue weighted by molar-refractivity contribution is 7.89. The summed E-state index contributed by atoms with van der Waals surface area (Å²) in [5.74, 6) is -0.602. The standard InChI is InChI=1S/C13H17FN2O3S/c1-9(2)19-7-6-16-8-12(20(15,17)18)13-10(14)4-3-5-11(13)16/h3-5,8-9H,6-7H2,1-2H3,(H2,15,17,18). The van der Waals surface area contributed by atoms with E-state index >= 15 is 0 Å². The SMILES string of the molecule is CC(C)OCCn1cc(S(N)(=O)=O)c2c(F)cccc21. The number of aromatic nitrogens is 1. The number of fused-ring (bicyclic) bond motifs is 1. The van der Waals surface area contributed by atoms with Crippen molar-refractivity contribution in [2.75, 3.05) is 6.61 Å². The first-order valence-corrected chi connectivity index (χ1v) is 7.77. The van der Waals surface area contributed by atoms with Gasteiger partial charge in [0.25, 0.3) is 0 Å². The van der Waals surface area contributed by atoms with E-state index in [2.05, 4.69) is 0 Å². The number of ether oxygens (including phenoxy) is 1. The molecule has 0 unspecified atom stereocenters. The number of nitrogens with two attached hydrogens (primary N) is 1. The first-order chi connectivity index (χ1) is 9.30. The average molecular weight is 300 g/mol. The number of nitrogens with zero attached hydrogens (tertiary/aromatic N) is 1. The molecule has 0 radical (unpaired) electrons. The molecule has 5 nitrogen and oxygen atoms in total. The van der Waals surface area contributed by atoms with Crippen LogP contribution in [0.2, 0.25) is 0 Å². The smallest absolute Gasteiger partial charge is 0.240 e. The Morgan fingerprint density at radius 2 is 2.10 bits per heavy atom. The summed E-state index contributed by atoms with van der Waals surface area (Å²) < 4.78 is 44.1. The van der Waals surface area contributed by atoms with Crippen LogP contribution < -0.4 is 5.14 Å². The van der Waals surface area contributed by atoms with Gasteiger partial charge in [0.2, 0.25) is 10.0 Å². The number of sulfonamides is 1. The molecule has 2 rings (SSSR count). The molecule has 0 aliphatic rings. The molecule has 0 atom stereocenters. The van der Waals surface area contributed by atoms with E-state index in [0.717, 1.165) is 0 Å². The molecular formula is C13H17FN2O3S. The van der Waals surface area contributed by atoms with Gasteiger partial charge in [0.15, 0.2) is 0 Å². The molecule has 1 aromatic heterocycles. The maximum atomic E-state index is 13.9. The fourth-order valence-electron chi connectivity index (χ4n) is 2.06. The van der Waals surface area contributed by atoms with E-state index in [1.165, 1.54) is 18.3 Å². The number of benzene rings is 1. The van der Waals surface area contributed by atoms with Crippen LogP contribution in [-0.2, 0) is 21.3 Å². The first-order valence-electron chi connectivity index (χ1n) is 6.22. The Morgan fingerprint density at radius 3 is 2.70 bits per heavy atom. The second-order valence-corrected chi connectivity index (χ2v) is 6.32. The minimum Gasteiger partial charge on any atom is -0.377 e. The molecule has 2 aromatic rings. The summed E-state index contributed by atoms with van der Waals surface area (Å²) >= 11 is 0. The lowest BCUT2D eigenvalue weighted by Crippen LogP contribution is -2.12. The third-order valence-corrected chi connectivity index (χ3v) is 3.83. The molecule has 1 aromatic carbocycles. The van der Waals surface area contributed by atoms with Gasteiger partial charge in [-0.3, -0.25) is 0 Å². The summed E-state index contributed by atoms with van der Waals surface area (Å²) in [5, 5.41) is 5.17. The van der Waals surface area contributed by atoms with Gasteiger partial charge in [0.05, 0.1) is 23.6 Å². The van der Waals surface area contributed by atoms with Crippen LogP contribution in [0.1, 0.15) is 13.8 Å². The molecule has 0 bridgehead atoms. The summed E-state index contributed by atoms with van der Waals surface area (Å²) in [5.41, 5.74) is 0.487. The normalized spacial score (nSPS) is 12.4. The molecule has 0 fully saturated rings. The highest BCUT2D eigenvalue weighted by Crippen LogP contribution is 2.27. The van der Waals surface area contributed by atoms with Gasteiger partial charge in [-0.15, -0.1) is 0 Å². The minimum absolute atomic E-state index is 0.0274. The minimum atomic E-state index is -3.97. The van der Waals surface area contributed by atoms with Crippen molar-refractivity contribution < 1.29 is 17.5 Å². The monoisotopic (exact) mass is 300 g/mol. The third-order valence-electron chi connectivity index (χ3n) is 2.91. The van der Waals surface area contributed by atoms with Gasteiger partial charge >= 0.3 is 0 Å². The van der Waals surface area contributed by atoms with Crippen molar-refractivity contribution in [1.29, 1.82) is 0 Å². The number of hydrogen-bond acceptors (Lipinski definition) is 3. The third kappa shape index (κ3) is 3.00. The molecule has 1 heterocycles. The first kappa shape index (κ1) is 15.0. The largest absolute Gasteiger partial charge is 0.377 e. The average Bonchev–Trinajstić information content (AvgIpc) is 2.69. The highest BCUT2D eigenvalue weighted by Gasteiger charge is 2.20.